The summed E-state index contributed by atoms with van der Waals surface area (Å²) in [6.45, 7) is 2.90. The van der Waals surface area contributed by atoms with Crippen LogP contribution in [0.25, 0.3) is 0 Å². The van der Waals surface area contributed by atoms with Crippen molar-refractivity contribution in [3.05, 3.63) is 59.7 Å². The molecule has 262 valence electrons. The van der Waals surface area contributed by atoms with Crippen LogP contribution in [0, 0.1) is 0 Å². The van der Waals surface area contributed by atoms with Crippen LogP contribution in [-0.4, -0.2) is 134 Å². The Labute approximate surface area is 301 Å². The van der Waals surface area contributed by atoms with Crippen molar-refractivity contribution in [3.8, 4) is 0 Å². The van der Waals surface area contributed by atoms with Crippen LogP contribution in [0.15, 0.2) is 48.5 Å². The molecule has 2 aromatic carbocycles. The summed E-state index contributed by atoms with van der Waals surface area (Å²) >= 11 is 0. The molecule has 0 saturated carbocycles. The van der Waals surface area contributed by atoms with Crippen LogP contribution in [0.3, 0.4) is 0 Å². The standard InChI is InChI=1S/C32H32N6O8S4/c1-13(39)29-25(45)37-21-27(15-9-5-7-11-17(15)33-21,19(41)31(37,49-47-29)23(43)35(29)3)28-16-10-6-8-12-18(16)34-22(28)38-26(46)30(14(2)40)36(4)24(44)32(38,20(28)42)50-48-30/h5-14,19-22,33-34,39-42H,1-4H3/t13-,14-,19-,20-,21+,22+,27-,28+,29-,30-,31-,32-/m0/s1. The van der Waals surface area contributed by atoms with Gasteiger partial charge >= 0.3 is 0 Å². The molecule has 0 aromatic heterocycles. The lowest BCUT2D eigenvalue weighted by atomic mass is 9.52. The molecular formula is C32H32N6O8S4. The minimum absolute atomic E-state index is 0.495. The van der Waals surface area contributed by atoms with Gasteiger partial charge in [0.1, 0.15) is 24.5 Å². The minimum atomic E-state index is -1.93. The molecule has 10 aliphatic heterocycles. The monoisotopic (exact) mass is 756 g/mol. The SMILES string of the molecule is C[C@H](O)[C@@]12SS[C@]3(C(=O)N1C)[C@@H](O)[C@]1([C@]45c6ccccc6N[C@@H]4N4C(=O)[C@]6([C@H](C)O)SS[C@]4(C(=O)N6C)[C@H]5O)c4ccccc4N[C@@H]1N3C2=O. The van der Waals surface area contributed by atoms with Crippen LogP contribution in [0.4, 0.5) is 11.4 Å². The van der Waals surface area contributed by atoms with Crippen molar-refractivity contribution < 1.29 is 39.6 Å². The zero-order chi connectivity index (χ0) is 35.3. The van der Waals surface area contributed by atoms with E-state index in [0.717, 1.165) is 43.2 Å². The number of carbonyl (C=O) groups excluding carboxylic acids is 4. The summed E-state index contributed by atoms with van der Waals surface area (Å²) in [5, 5.41) is 56.0. The number of nitrogens with zero attached hydrogens (tertiary/aromatic N) is 4. The second-order valence-electron chi connectivity index (χ2n) is 14.3. The van der Waals surface area contributed by atoms with Gasteiger partial charge in [-0.3, -0.25) is 29.0 Å². The lowest BCUT2D eigenvalue weighted by molar-refractivity contribution is -0.172. The molecule has 6 N–H and O–H groups in total. The van der Waals surface area contributed by atoms with Gasteiger partial charge in [0, 0.05) is 25.5 Å². The summed E-state index contributed by atoms with van der Waals surface area (Å²) < 4.78 is 0. The highest BCUT2D eigenvalue weighted by Gasteiger charge is 2.93. The molecule has 12 atom stereocenters. The van der Waals surface area contributed by atoms with E-state index in [-0.39, 0.29) is 0 Å². The molecular weight excluding hydrogens is 725 g/mol. The number of aliphatic hydroxyl groups is 4. The number of hydrogen-bond acceptors (Lipinski definition) is 14. The fourth-order valence-electron chi connectivity index (χ4n) is 10.6. The first-order chi connectivity index (χ1) is 23.7. The van der Waals surface area contributed by atoms with Crippen molar-refractivity contribution >= 4 is 78.2 Å². The molecule has 12 rings (SSSR count). The Morgan fingerprint density at radius 1 is 0.620 bits per heavy atom. The molecule has 10 aliphatic rings. The maximum Gasteiger partial charge on any atom is 0.266 e. The number of hydrogen-bond donors (Lipinski definition) is 6. The van der Waals surface area contributed by atoms with E-state index in [1.165, 1.54) is 47.5 Å². The highest BCUT2D eigenvalue weighted by atomic mass is 33.1. The number of carbonyl (C=O) groups is 4. The van der Waals surface area contributed by atoms with E-state index >= 15 is 0 Å². The highest BCUT2D eigenvalue weighted by Crippen LogP contribution is 2.78. The molecule has 4 bridgehead atoms. The lowest BCUT2D eigenvalue weighted by Crippen LogP contribution is -2.80. The average Bonchev–Trinajstić information content (AvgIpc) is 3.74. The third-order valence-electron chi connectivity index (χ3n) is 12.7. The molecule has 0 aliphatic carbocycles. The van der Waals surface area contributed by atoms with Gasteiger partial charge in [0.05, 0.1) is 23.0 Å². The molecule has 8 saturated heterocycles. The van der Waals surface area contributed by atoms with Gasteiger partial charge in [-0.15, -0.1) is 0 Å². The Balaban J connectivity index is 1.33. The van der Waals surface area contributed by atoms with Crippen molar-refractivity contribution in [2.45, 2.75) is 80.9 Å². The number of aliphatic hydroxyl groups excluding tert-OH is 4. The summed E-state index contributed by atoms with van der Waals surface area (Å²) in [5.41, 5.74) is -1.52. The van der Waals surface area contributed by atoms with Crippen LogP contribution in [0.1, 0.15) is 25.0 Å². The number of para-hydroxylation sites is 2. The molecule has 0 unspecified atom stereocenters. The zero-order valence-corrected chi connectivity index (χ0v) is 30.2. The van der Waals surface area contributed by atoms with Crippen molar-refractivity contribution in [2.75, 3.05) is 24.7 Å². The number of piperazine rings is 2. The Kier molecular flexibility index (Phi) is 5.86. The predicted octanol–water partition coefficient (Wildman–Crippen LogP) is 0.0526. The highest BCUT2D eigenvalue weighted by molar-refractivity contribution is 8.78. The van der Waals surface area contributed by atoms with Gasteiger partial charge in [-0.1, -0.05) is 36.4 Å². The Morgan fingerprint density at radius 2 is 0.980 bits per heavy atom. The fourth-order valence-corrected chi connectivity index (χ4v) is 18.6. The summed E-state index contributed by atoms with van der Waals surface area (Å²) in [5.74, 6) is -2.37. The molecule has 10 heterocycles. The van der Waals surface area contributed by atoms with Gasteiger partial charge < -0.3 is 40.9 Å². The van der Waals surface area contributed by atoms with E-state index in [0.29, 0.717) is 22.5 Å². The molecule has 8 fully saturated rings. The number of likely N-dealkylation sites (N-methyl/N-ethyl adjacent to an activating group) is 2. The van der Waals surface area contributed by atoms with Gasteiger partial charge in [-0.25, -0.2) is 0 Å². The predicted molar refractivity (Wildman–Crippen MR) is 187 cm³/mol. The van der Waals surface area contributed by atoms with Gasteiger partial charge in [-0.05, 0) is 80.3 Å². The first-order valence-electron chi connectivity index (χ1n) is 16.1. The van der Waals surface area contributed by atoms with E-state index < -0.39 is 90.7 Å². The number of fused-ring (bicyclic) bond motifs is 11. The first kappa shape index (κ1) is 31.9. The van der Waals surface area contributed by atoms with Crippen LogP contribution < -0.4 is 10.6 Å². The minimum Gasteiger partial charge on any atom is -0.389 e. The Bertz CT molecular complexity index is 1870. The molecule has 50 heavy (non-hydrogen) atoms. The van der Waals surface area contributed by atoms with Crippen molar-refractivity contribution in [3.63, 3.8) is 0 Å². The van der Waals surface area contributed by atoms with E-state index in [1.54, 1.807) is 48.5 Å². The normalized spacial score (nSPS) is 45.5. The van der Waals surface area contributed by atoms with Crippen LogP contribution >= 0.6 is 43.2 Å². The van der Waals surface area contributed by atoms with E-state index in [9.17, 15) is 39.6 Å². The molecule has 0 radical (unpaired) electrons. The maximum atomic E-state index is 15.0. The number of anilines is 2. The summed E-state index contributed by atoms with van der Waals surface area (Å²) in [6.07, 6.45) is -8.45. The molecule has 4 amide bonds. The van der Waals surface area contributed by atoms with Gasteiger partial charge in [0.25, 0.3) is 23.6 Å². The van der Waals surface area contributed by atoms with Crippen LogP contribution in [0.2, 0.25) is 0 Å². The molecule has 18 heteroatoms. The second-order valence-corrected chi connectivity index (χ2v) is 19.4. The first-order valence-corrected chi connectivity index (χ1v) is 20.4. The summed E-state index contributed by atoms with van der Waals surface area (Å²) in [4.78, 5) is 57.4. The third-order valence-corrected chi connectivity index (χ3v) is 20.2. The largest absolute Gasteiger partial charge is 0.389 e. The van der Waals surface area contributed by atoms with Crippen molar-refractivity contribution in [1.82, 2.24) is 19.6 Å². The van der Waals surface area contributed by atoms with Crippen molar-refractivity contribution in [1.29, 1.82) is 0 Å². The Morgan fingerprint density at radius 3 is 1.34 bits per heavy atom. The molecule has 2 aromatic rings. The lowest BCUT2D eigenvalue weighted by Gasteiger charge is -2.59. The van der Waals surface area contributed by atoms with Gasteiger partial charge in [0.15, 0.2) is 0 Å². The number of benzene rings is 2. The van der Waals surface area contributed by atoms with Gasteiger partial charge in [0.2, 0.25) is 19.5 Å². The smallest absolute Gasteiger partial charge is 0.266 e. The van der Waals surface area contributed by atoms with E-state index in [2.05, 4.69) is 10.6 Å². The van der Waals surface area contributed by atoms with Gasteiger partial charge in [-0.2, -0.15) is 0 Å². The van der Waals surface area contributed by atoms with E-state index in [4.69, 9.17) is 0 Å². The fraction of sp³-hybridized carbons (Fsp3) is 0.500. The third kappa shape index (κ3) is 2.65. The molecule has 2 spiro atoms. The van der Waals surface area contributed by atoms with Crippen LogP contribution in [-0.2, 0) is 30.0 Å². The summed E-state index contributed by atoms with van der Waals surface area (Å²) in [7, 11) is 6.94. The maximum absolute atomic E-state index is 15.0. The zero-order valence-electron chi connectivity index (χ0n) is 26.9. The van der Waals surface area contributed by atoms with E-state index in [1.807, 2.05) is 0 Å². The topological polar surface area (TPSA) is 186 Å². The van der Waals surface area contributed by atoms with Crippen molar-refractivity contribution in [2.24, 2.45) is 0 Å². The summed E-state index contributed by atoms with van der Waals surface area (Å²) in [6, 6.07) is 14.3. The van der Waals surface area contributed by atoms with Crippen LogP contribution in [0.5, 0.6) is 0 Å². The quantitative estimate of drug-likeness (QED) is 0.231. The number of amides is 4. The Hall–Kier alpha value is -2.84. The average molecular weight is 757 g/mol. The second kappa shape index (κ2) is 9.20. The number of rotatable bonds is 3. The number of nitrogens with one attached hydrogen (secondary N) is 2. The molecule has 14 nitrogen and oxygen atoms in total.